The number of aromatic amines is 1. The van der Waals surface area contributed by atoms with E-state index >= 15 is 0 Å². The van der Waals surface area contributed by atoms with Crippen LogP contribution in [0.4, 0.5) is 0 Å². The van der Waals surface area contributed by atoms with Gasteiger partial charge in [0, 0.05) is 41.3 Å². The first-order chi connectivity index (χ1) is 17.2. The van der Waals surface area contributed by atoms with Crippen molar-refractivity contribution in [1.82, 2.24) is 14.8 Å². The minimum absolute atomic E-state index is 0.0366. The van der Waals surface area contributed by atoms with Crippen LogP contribution in [0.1, 0.15) is 62.3 Å². The number of nitrogens with one attached hydrogen (secondary N) is 2. The molecule has 0 saturated carbocycles. The van der Waals surface area contributed by atoms with E-state index in [1.54, 1.807) is 0 Å². The standard InChI is InChI=1S/C26H36N6O4/c1-2-17-18-9-7-15(24(28)29)13-21(18)30-20(17)10-8-16-5-3-11-31(16)26(36)22-6-4-12-32(22)25(35)19(27)14-23(33)34/h7,9,13,16,19,22,30H,2-6,8,10-12,14,27H2,1H3,(H3,28,29)(H,33,34)/t16-,19-,22+/m0/s1. The summed E-state index contributed by atoms with van der Waals surface area (Å²) in [4.78, 5) is 44.2. The molecule has 2 amide bonds. The number of nitrogen functional groups attached to an aromatic ring is 1. The lowest BCUT2D eigenvalue weighted by atomic mass is 10.0. The maximum absolute atomic E-state index is 13.5. The van der Waals surface area contributed by atoms with Crippen LogP contribution in [0, 0.1) is 5.41 Å². The Labute approximate surface area is 210 Å². The zero-order valence-corrected chi connectivity index (χ0v) is 20.8. The van der Waals surface area contributed by atoms with Gasteiger partial charge in [0.15, 0.2) is 0 Å². The number of rotatable bonds is 9. The van der Waals surface area contributed by atoms with Gasteiger partial charge in [-0.1, -0.05) is 19.1 Å². The second-order valence-corrected chi connectivity index (χ2v) is 9.87. The second-order valence-electron chi connectivity index (χ2n) is 9.87. The van der Waals surface area contributed by atoms with E-state index in [9.17, 15) is 14.4 Å². The Balaban J connectivity index is 1.45. The van der Waals surface area contributed by atoms with Gasteiger partial charge in [-0.15, -0.1) is 0 Å². The quantitative estimate of drug-likeness (QED) is 0.261. The summed E-state index contributed by atoms with van der Waals surface area (Å²) in [7, 11) is 0. The van der Waals surface area contributed by atoms with Gasteiger partial charge in [0.25, 0.3) is 0 Å². The van der Waals surface area contributed by atoms with Gasteiger partial charge in [0.1, 0.15) is 11.9 Å². The molecule has 1 aromatic carbocycles. The summed E-state index contributed by atoms with van der Waals surface area (Å²) in [6.45, 7) is 3.22. The maximum Gasteiger partial charge on any atom is 0.305 e. The minimum Gasteiger partial charge on any atom is -0.481 e. The number of carboxylic acid groups (broad SMARTS) is 1. The molecule has 3 atom stereocenters. The summed E-state index contributed by atoms with van der Waals surface area (Å²) in [5, 5.41) is 17.8. The summed E-state index contributed by atoms with van der Waals surface area (Å²) in [5.41, 5.74) is 15.5. The largest absolute Gasteiger partial charge is 0.481 e. The van der Waals surface area contributed by atoms with Crippen molar-refractivity contribution in [2.24, 2.45) is 11.5 Å². The van der Waals surface area contributed by atoms with Crippen molar-refractivity contribution >= 4 is 34.5 Å². The van der Waals surface area contributed by atoms with Crippen molar-refractivity contribution in [3.8, 4) is 0 Å². The number of amides is 2. The van der Waals surface area contributed by atoms with Crippen molar-refractivity contribution in [2.45, 2.75) is 76.4 Å². The Kier molecular flexibility index (Phi) is 7.63. The summed E-state index contributed by atoms with van der Waals surface area (Å²) in [5.74, 6) is -1.60. The molecule has 0 aliphatic carbocycles. The molecule has 10 heteroatoms. The van der Waals surface area contributed by atoms with Crippen LogP contribution < -0.4 is 11.5 Å². The van der Waals surface area contributed by atoms with E-state index in [2.05, 4.69) is 11.9 Å². The highest BCUT2D eigenvalue weighted by molar-refractivity contribution is 5.99. The zero-order valence-electron chi connectivity index (χ0n) is 20.8. The maximum atomic E-state index is 13.5. The third-order valence-corrected chi connectivity index (χ3v) is 7.58. The number of aliphatic carboxylic acids is 1. The van der Waals surface area contributed by atoms with E-state index in [0.717, 1.165) is 48.7 Å². The third kappa shape index (κ3) is 5.09. The van der Waals surface area contributed by atoms with Crippen LogP contribution in [-0.4, -0.2) is 74.7 Å². The number of benzene rings is 1. The minimum atomic E-state index is -1.14. The average molecular weight is 497 g/mol. The molecular weight excluding hydrogens is 460 g/mol. The third-order valence-electron chi connectivity index (χ3n) is 7.58. The molecule has 2 saturated heterocycles. The molecule has 2 aliphatic heterocycles. The van der Waals surface area contributed by atoms with Crippen LogP contribution in [0.5, 0.6) is 0 Å². The molecule has 0 spiro atoms. The summed E-state index contributed by atoms with van der Waals surface area (Å²) < 4.78 is 0. The van der Waals surface area contributed by atoms with Gasteiger partial charge in [-0.25, -0.2) is 0 Å². The predicted molar refractivity (Wildman–Crippen MR) is 137 cm³/mol. The molecule has 2 fully saturated rings. The van der Waals surface area contributed by atoms with Gasteiger partial charge in [-0.3, -0.25) is 19.8 Å². The molecule has 7 N–H and O–H groups in total. The van der Waals surface area contributed by atoms with Crippen LogP contribution >= 0.6 is 0 Å². The summed E-state index contributed by atoms with van der Waals surface area (Å²) in [6.07, 6.45) is 5.15. The highest BCUT2D eigenvalue weighted by atomic mass is 16.4. The SMILES string of the molecule is CCc1c(CC[C@@H]2CCCN2C(=O)[C@H]2CCCN2C(=O)[C@@H](N)CC(=O)O)[nH]c2cc(C(=N)N)ccc12. The lowest BCUT2D eigenvalue weighted by Gasteiger charge is -2.32. The number of hydrogen-bond acceptors (Lipinski definition) is 5. The lowest BCUT2D eigenvalue weighted by Crippen LogP contribution is -2.53. The van der Waals surface area contributed by atoms with E-state index in [1.165, 1.54) is 10.5 Å². The Morgan fingerprint density at radius 2 is 1.92 bits per heavy atom. The van der Waals surface area contributed by atoms with E-state index in [1.807, 2.05) is 23.1 Å². The molecule has 2 aliphatic rings. The van der Waals surface area contributed by atoms with Crippen molar-refractivity contribution in [3.63, 3.8) is 0 Å². The normalized spacial score (nSPS) is 20.7. The first-order valence-electron chi connectivity index (χ1n) is 12.8. The number of fused-ring (bicyclic) bond motifs is 1. The van der Waals surface area contributed by atoms with Crippen LogP contribution in [0.15, 0.2) is 18.2 Å². The van der Waals surface area contributed by atoms with Crippen LogP contribution in [-0.2, 0) is 27.2 Å². The first kappa shape index (κ1) is 25.7. The topological polar surface area (TPSA) is 170 Å². The van der Waals surface area contributed by atoms with Crippen molar-refractivity contribution in [3.05, 3.63) is 35.0 Å². The van der Waals surface area contributed by atoms with Crippen molar-refractivity contribution < 1.29 is 19.5 Å². The Morgan fingerprint density at radius 3 is 2.61 bits per heavy atom. The first-order valence-corrected chi connectivity index (χ1v) is 12.8. The van der Waals surface area contributed by atoms with E-state index < -0.39 is 30.4 Å². The zero-order chi connectivity index (χ0) is 26.0. The van der Waals surface area contributed by atoms with Gasteiger partial charge >= 0.3 is 5.97 Å². The fraction of sp³-hybridized carbons (Fsp3) is 0.538. The lowest BCUT2D eigenvalue weighted by molar-refractivity contribution is -0.146. The molecule has 1 aromatic heterocycles. The van der Waals surface area contributed by atoms with Crippen LogP contribution in [0.2, 0.25) is 0 Å². The number of aryl methyl sites for hydroxylation is 2. The highest BCUT2D eigenvalue weighted by Crippen LogP contribution is 2.30. The average Bonchev–Trinajstić information content (AvgIpc) is 3.58. The fourth-order valence-electron chi connectivity index (χ4n) is 5.80. The second kappa shape index (κ2) is 10.7. The number of aromatic nitrogens is 1. The van der Waals surface area contributed by atoms with Gasteiger partial charge < -0.3 is 31.4 Å². The monoisotopic (exact) mass is 496 g/mol. The molecule has 2 aromatic rings. The molecule has 0 radical (unpaired) electrons. The number of carbonyl (C=O) groups is 3. The molecule has 36 heavy (non-hydrogen) atoms. The van der Waals surface area contributed by atoms with Crippen LogP contribution in [0.25, 0.3) is 10.9 Å². The van der Waals surface area contributed by atoms with Crippen molar-refractivity contribution in [1.29, 1.82) is 5.41 Å². The smallest absolute Gasteiger partial charge is 0.305 e. The number of H-pyrrole nitrogens is 1. The summed E-state index contributed by atoms with van der Waals surface area (Å²) >= 11 is 0. The number of nitrogens with two attached hydrogens (primary N) is 2. The highest BCUT2D eigenvalue weighted by Gasteiger charge is 2.41. The van der Waals surface area contributed by atoms with Crippen LogP contribution in [0.3, 0.4) is 0 Å². The molecular formula is C26H36N6O4. The van der Waals surface area contributed by atoms with E-state index in [-0.39, 0.29) is 17.8 Å². The predicted octanol–water partition coefficient (Wildman–Crippen LogP) is 1.73. The molecule has 4 rings (SSSR count). The number of hydrogen-bond donors (Lipinski definition) is 5. The van der Waals surface area contributed by atoms with E-state index in [0.29, 0.717) is 31.5 Å². The number of nitrogens with zero attached hydrogens (tertiary/aromatic N) is 2. The van der Waals surface area contributed by atoms with E-state index in [4.69, 9.17) is 22.0 Å². The molecule has 0 unspecified atom stereocenters. The van der Waals surface area contributed by atoms with Crippen molar-refractivity contribution in [2.75, 3.05) is 13.1 Å². The number of carboxylic acids is 1. The Hall–Kier alpha value is -3.40. The molecule has 3 heterocycles. The number of likely N-dealkylation sites (tertiary alicyclic amines) is 2. The van der Waals surface area contributed by atoms with Gasteiger partial charge in [-0.2, -0.15) is 0 Å². The fourth-order valence-corrected chi connectivity index (χ4v) is 5.80. The summed E-state index contributed by atoms with van der Waals surface area (Å²) in [6, 6.07) is 4.18. The number of amidine groups is 1. The molecule has 194 valence electrons. The van der Waals surface area contributed by atoms with Gasteiger partial charge in [0.2, 0.25) is 11.8 Å². The Bertz CT molecular complexity index is 1170. The molecule has 10 nitrogen and oxygen atoms in total. The van der Waals surface area contributed by atoms with Gasteiger partial charge in [-0.05, 0) is 56.6 Å². The van der Waals surface area contributed by atoms with Gasteiger partial charge in [0.05, 0.1) is 12.5 Å². The Morgan fingerprint density at radius 1 is 1.19 bits per heavy atom. The number of carbonyl (C=O) groups excluding carboxylic acids is 2. The molecule has 0 bridgehead atoms.